The van der Waals surface area contributed by atoms with Gasteiger partial charge >= 0.3 is 0 Å². The second kappa shape index (κ2) is 8.45. The zero-order valence-electron chi connectivity index (χ0n) is 14.0. The fraction of sp³-hybridized carbons (Fsp3) is 0.150. The highest BCUT2D eigenvalue weighted by atomic mass is 35.5. The molecule has 0 saturated carbocycles. The van der Waals surface area contributed by atoms with E-state index in [9.17, 15) is 9.59 Å². The van der Waals surface area contributed by atoms with Crippen molar-refractivity contribution in [2.45, 2.75) is 6.42 Å². The Balaban J connectivity index is 1.44. The fourth-order valence-electron chi connectivity index (χ4n) is 2.51. The van der Waals surface area contributed by atoms with Crippen molar-refractivity contribution >= 4 is 34.3 Å². The summed E-state index contributed by atoms with van der Waals surface area (Å²) in [6.45, 7) is 0.686. The molecule has 0 unspecified atom stereocenters. The van der Waals surface area contributed by atoms with Crippen LogP contribution in [-0.4, -0.2) is 29.9 Å². The highest BCUT2D eigenvalue weighted by molar-refractivity contribution is 6.30. The number of para-hydroxylation sites is 1. The van der Waals surface area contributed by atoms with Gasteiger partial charge in [-0.2, -0.15) is 0 Å². The van der Waals surface area contributed by atoms with Crippen molar-refractivity contribution in [2.24, 2.45) is 0 Å². The molecule has 132 valence electrons. The van der Waals surface area contributed by atoms with E-state index in [1.807, 2.05) is 42.5 Å². The number of fused-ring (bicyclic) bond motifs is 1. The number of pyridine rings is 1. The summed E-state index contributed by atoms with van der Waals surface area (Å²) >= 11 is 5.82. The lowest BCUT2D eigenvalue weighted by molar-refractivity contribution is -0.120. The van der Waals surface area contributed by atoms with E-state index in [2.05, 4.69) is 15.6 Å². The molecule has 2 N–H and O–H groups in total. The summed E-state index contributed by atoms with van der Waals surface area (Å²) in [5.41, 5.74) is 2.02. The third kappa shape index (κ3) is 4.80. The van der Waals surface area contributed by atoms with E-state index in [-0.39, 0.29) is 18.2 Å². The molecule has 0 aliphatic rings. The van der Waals surface area contributed by atoms with Crippen molar-refractivity contribution in [3.8, 4) is 0 Å². The molecule has 3 aromatic rings. The third-order valence-corrected chi connectivity index (χ3v) is 4.09. The standard InChI is InChI=1S/C20H18ClN3O2/c21-16-8-5-14(6-9-16)13-19(25)22-11-12-23-20(26)18-10-7-15-3-1-2-4-17(15)24-18/h1-10H,11-13H2,(H,22,25)(H,23,26). The lowest BCUT2D eigenvalue weighted by Crippen LogP contribution is -2.35. The summed E-state index contributed by atoms with van der Waals surface area (Å²) in [5, 5.41) is 7.15. The Morgan fingerprint density at radius 1 is 0.885 bits per heavy atom. The number of nitrogens with one attached hydrogen (secondary N) is 2. The average Bonchev–Trinajstić information content (AvgIpc) is 2.66. The SMILES string of the molecule is O=C(Cc1ccc(Cl)cc1)NCCNC(=O)c1ccc2ccccc2n1. The largest absolute Gasteiger partial charge is 0.354 e. The van der Waals surface area contributed by atoms with Crippen LogP contribution in [0.3, 0.4) is 0 Å². The second-order valence-electron chi connectivity index (χ2n) is 5.80. The number of carbonyl (C=O) groups is 2. The molecule has 0 spiro atoms. The van der Waals surface area contributed by atoms with Gasteiger partial charge in [0, 0.05) is 23.5 Å². The van der Waals surface area contributed by atoms with Gasteiger partial charge < -0.3 is 10.6 Å². The predicted octanol–water partition coefficient (Wildman–Crippen LogP) is 2.98. The van der Waals surface area contributed by atoms with Gasteiger partial charge in [0.25, 0.3) is 5.91 Å². The monoisotopic (exact) mass is 367 g/mol. The summed E-state index contributed by atoms with van der Waals surface area (Å²) in [4.78, 5) is 28.4. The second-order valence-corrected chi connectivity index (χ2v) is 6.23. The van der Waals surface area contributed by atoms with Crippen LogP contribution in [0.25, 0.3) is 10.9 Å². The van der Waals surface area contributed by atoms with Crippen LogP contribution in [0.1, 0.15) is 16.1 Å². The number of amides is 2. The van der Waals surface area contributed by atoms with E-state index < -0.39 is 0 Å². The molecule has 0 fully saturated rings. The maximum absolute atomic E-state index is 12.2. The van der Waals surface area contributed by atoms with Crippen LogP contribution in [0.4, 0.5) is 0 Å². The molecule has 3 rings (SSSR count). The minimum atomic E-state index is -0.261. The van der Waals surface area contributed by atoms with E-state index in [1.54, 1.807) is 18.2 Å². The zero-order valence-corrected chi connectivity index (χ0v) is 14.8. The van der Waals surface area contributed by atoms with Crippen LogP contribution in [0.5, 0.6) is 0 Å². The molecule has 0 radical (unpaired) electrons. The fourth-order valence-corrected chi connectivity index (χ4v) is 2.64. The number of nitrogens with zero attached hydrogens (tertiary/aromatic N) is 1. The van der Waals surface area contributed by atoms with Crippen LogP contribution in [0.2, 0.25) is 5.02 Å². The Bertz CT molecular complexity index is 926. The van der Waals surface area contributed by atoms with Crippen molar-refractivity contribution in [3.05, 3.63) is 76.9 Å². The number of carbonyl (C=O) groups excluding carboxylic acids is 2. The molecule has 0 atom stereocenters. The molecule has 2 aromatic carbocycles. The normalized spacial score (nSPS) is 10.5. The van der Waals surface area contributed by atoms with E-state index in [4.69, 9.17) is 11.6 Å². The first-order valence-electron chi connectivity index (χ1n) is 8.27. The molecule has 0 saturated heterocycles. The minimum absolute atomic E-state index is 0.106. The van der Waals surface area contributed by atoms with E-state index in [0.29, 0.717) is 23.8 Å². The van der Waals surface area contributed by atoms with Crippen LogP contribution < -0.4 is 10.6 Å². The van der Waals surface area contributed by atoms with Gasteiger partial charge in [0.1, 0.15) is 5.69 Å². The lowest BCUT2D eigenvalue weighted by Gasteiger charge is -2.08. The van der Waals surface area contributed by atoms with Crippen molar-refractivity contribution < 1.29 is 9.59 Å². The number of hydrogen-bond acceptors (Lipinski definition) is 3. The van der Waals surface area contributed by atoms with Crippen molar-refractivity contribution in [3.63, 3.8) is 0 Å². The van der Waals surface area contributed by atoms with Crippen molar-refractivity contribution in [2.75, 3.05) is 13.1 Å². The first-order chi connectivity index (χ1) is 12.6. The summed E-state index contributed by atoms with van der Waals surface area (Å²) < 4.78 is 0. The molecular weight excluding hydrogens is 350 g/mol. The maximum atomic E-state index is 12.2. The topological polar surface area (TPSA) is 71.1 Å². The highest BCUT2D eigenvalue weighted by Gasteiger charge is 2.08. The van der Waals surface area contributed by atoms with Gasteiger partial charge in [0.15, 0.2) is 0 Å². The Morgan fingerprint density at radius 3 is 2.42 bits per heavy atom. The maximum Gasteiger partial charge on any atom is 0.269 e. The Kier molecular flexibility index (Phi) is 5.81. The molecule has 0 aliphatic heterocycles. The lowest BCUT2D eigenvalue weighted by atomic mass is 10.1. The van der Waals surface area contributed by atoms with Gasteiger partial charge in [0.05, 0.1) is 11.9 Å². The number of aromatic nitrogens is 1. The Hall–Kier alpha value is -2.92. The Morgan fingerprint density at radius 2 is 1.62 bits per heavy atom. The minimum Gasteiger partial charge on any atom is -0.354 e. The van der Waals surface area contributed by atoms with E-state index in [0.717, 1.165) is 16.5 Å². The van der Waals surface area contributed by atoms with Gasteiger partial charge in [-0.3, -0.25) is 9.59 Å². The molecule has 1 heterocycles. The quantitative estimate of drug-likeness (QED) is 0.658. The highest BCUT2D eigenvalue weighted by Crippen LogP contribution is 2.11. The first-order valence-corrected chi connectivity index (χ1v) is 8.65. The van der Waals surface area contributed by atoms with Crippen molar-refractivity contribution in [1.82, 2.24) is 15.6 Å². The number of rotatable bonds is 6. The molecule has 26 heavy (non-hydrogen) atoms. The summed E-state index contributed by atoms with van der Waals surface area (Å²) in [6, 6.07) is 18.3. The van der Waals surface area contributed by atoms with E-state index >= 15 is 0 Å². The van der Waals surface area contributed by atoms with Crippen LogP contribution >= 0.6 is 11.6 Å². The van der Waals surface area contributed by atoms with Crippen LogP contribution in [0, 0.1) is 0 Å². The predicted molar refractivity (Wildman–Crippen MR) is 102 cm³/mol. The Labute approximate surface area is 156 Å². The van der Waals surface area contributed by atoms with Crippen molar-refractivity contribution in [1.29, 1.82) is 0 Å². The molecule has 2 amide bonds. The van der Waals surface area contributed by atoms with Crippen LogP contribution in [-0.2, 0) is 11.2 Å². The average molecular weight is 368 g/mol. The zero-order chi connectivity index (χ0) is 18.4. The molecule has 6 heteroatoms. The number of hydrogen-bond donors (Lipinski definition) is 2. The molecule has 0 bridgehead atoms. The van der Waals surface area contributed by atoms with Gasteiger partial charge in [-0.25, -0.2) is 4.98 Å². The summed E-state index contributed by atoms with van der Waals surface area (Å²) in [6.07, 6.45) is 0.275. The van der Waals surface area contributed by atoms with Gasteiger partial charge in [-0.05, 0) is 29.8 Å². The first kappa shape index (κ1) is 17.9. The van der Waals surface area contributed by atoms with Crippen LogP contribution in [0.15, 0.2) is 60.7 Å². The molecular formula is C20H18ClN3O2. The molecule has 0 aliphatic carbocycles. The van der Waals surface area contributed by atoms with Gasteiger partial charge in [-0.15, -0.1) is 0 Å². The van der Waals surface area contributed by atoms with Gasteiger partial charge in [0.2, 0.25) is 5.91 Å². The third-order valence-electron chi connectivity index (χ3n) is 3.84. The number of benzene rings is 2. The summed E-state index contributed by atoms with van der Waals surface area (Å²) in [5.74, 6) is -0.367. The number of halogens is 1. The molecule has 1 aromatic heterocycles. The summed E-state index contributed by atoms with van der Waals surface area (Å²) in [7, 11) is 0. The smallest absolute Gasteiger partial charge is 0.269 e. The van der Waals surface area contributed by atoms with E-state index in [1.165, 1.54) is 0 Å². The van der Waals surface area contributed by atoms with Gasteiger partial charge in [-0.1, -0.05) is 48.0 Å². The molecule has 5 nitrogen and oxygen atoms in total.